The zero-order valence-corrected chi connectivity index (χ0v) is 18.7. The Kier molecular flexibility index (Phi) is 6.59. The molecule has 176 valence electrons. The maximum absolute atomic E-state index is 12.9. The van der Waals surface area contributed by atoms with Gasteiger partial charge in [0.15, 0.2) is 0 Å². The van der Waals surface area contributed by atoms with Gasteiger partial charge < -0.3 is 19.7 Å². The number of ether oxygens (including phenoxy) is 2. The standard InChI is InChI=1S/C24H26N6O4/c31-23(12-17-2-5-20(6-3-17)30-16-26-27-28-30)29-9-1-11-33-22(14-25-8-10-29)18-4-7-21-19(13-18)15-34-24(21)32/h2-7,13,16,22,25H,1,8-12,14-15H2/t22-/m0/s1. The number of carbonyl (C=O) groups is 2. The van der Waals surface area contributed by atoms with Crippen molar-refractivity contribution in [2.45, 2.75) is 25.6 Å². The van der Waals surface area contributed by atoms with Gasteiger partial charge in [0.25, 0.3) is 0 Å². The van der Waals surface area contributed by atoms with Gasteiger partial charge in [-0.3, -0.25) is 4.79 Å². The van der Waals surface area contributed by atoms with Gasteiger partial charge in [-0.05, 0) is 52.2 Å². The molecule has 2 aromatic carbocycles. The Morgan fingerprint density at radius 3 is 2.85 bits per heavy atom. The number of hydrogen-bond acceptors (Lipinski definition) is 8. The summed E-state index contributed by atoms with van der Waals surface area (Å²) >= 11 is 0. The molecule has 1 fully saturated rings. The summed E-state index contributed by atoms with van der Waals surface area (Å²) in [6, 6.07) is 13.4. The number of nitrogens with one attached hydrogen (secondary N) is 1. The van der Waals surface area contributed by atoms with Gasteiger partial charge in [0.05, 0.1) is 23.8 Å². The van der Waals surface area contributed by atoms with E-state index in [-0.39, 0.29) is 18.0 Å². The Balaban J connectivity index is 1.15. The minimum atomic E-state index is -0.264. The summed E-state index contributed by atoms with van der Waals surface area (Å²) < 4.78 is 12.8. The van der Waals surface area contributed by atoms with E-state index in [0.29, 0.717) is 51.4 Å². The highest BCUT2D eigenvalue weighted by molar-refractivity contribution is 5.93. The van der Waals surface area contributed by atoms with Gasteiger partial charge in [-0.2, -0.15) is 0 Å². The van der Waals surface area contributed by atoms with Crippen LogP contribution in [0.25, 0.3) is 5.69 Å². The minimum absolute atomic E-state index is 0.0948. The third kappa shape index (κ3) is 4.97. The van der Waals surface area contributed by atoms with Crippen molar-refractivity contribution in [2.75, 3.05) is 32.8 Å². The van der Waals surface area contributed by atoms with E-state index in [0.717, 1.165) is 28.8 Å². The fourth-order valence-electron chi connectivity index (χ4n) is 4.25. The predicted octanol–water partition coefficient (Wildman–Crippen LogP) is 1.45. The molecule has 0 unspecified atom stereocenters. The molecule has 0 spiro atoms. The number of aromatic nitrogens is 4. The van der Waals surface area contributed by atoms with E-state index in [4.69, 9.17) is 9.47 Å². The average molecular weight is 463 g/mol. The van der Waals surface area contributed by atoms with Crippen molar-refractivity contribution in [1.29, 1.82) is 0 Å². The zero-order valence-electron chi connectivity index (χ0n) is 18.7. The molecule has 34 heavy (non-hydrogen) atoms. The SMILES string of the molecule is O=C1OCc2cc([C@@H]3CNCCN(C(=O)Cc4ccc(-n5cnnn5)cc4)CCCO3)ccc21. The minimum Gasteiger partial charge on any atom is -0.457 e. The summed E-state index contributed by atoms with van der Waals surface area (Å²) in [4.78, 5) is 26.5. The lowest BCUT2D eigenvalue weighted by Gasteiger charge is -2.27. The van der Waals surface area contributed by atoms with Gasteiger partial charge in [0.2, 0.25) is 5.91 Å². The van der Waals surface area contributed by atoms with E-state index >= 15 is 0 Å². The summed E-state index contributed by atoms with van der Waals surface area (Å²) in [6.45, 7) is 3.46. The van der Waals surface area contributed by atoms with E-state index in [1.807, 2.05) is 47.4 Å². The molecule has 10 heteroatoms. The van der Waals surface area contributed by atoms with Crippen molar-refractivity contribution in [3.8, 4) is 5.69 Å². The molecule has 2 aliphatic rings. The first kappa shape index (κ1) is 22.2. The van der Waals surface area contributed by atoms with Gasteiger partial charge in [0.1, 0.15) is 12.9 Å². The molecule has 5 rings (SSSR count). The summed E-state index contributed by atoms with van der Waals surface area (Å²) in [7, 11) is 0. The van der Waals surface area contributed by atoms with E-state index in [9.17, 15) is 9.59 Å². The van der Waals surface area contributed by atoms with Crippen molar-refractivity contribution in [2.24, 2.45) is 0 Å². The van der Waals surface area contributed by atoms with E-state index in [1.54, 1.807) is 4.68 Å². The quantitative estimate of drug-likeness (QED) is 0.580. The first-order valence-electron chi connectivity index (χ1n) is 11.4. The highest BCUT2D eigenvalue weighted by atomic mass is 16.5. The van der Waals surface area contributed by atoms with Gasteiger partial charge in [-0.25, -0.2) is 9.48 Å². The van der Waals surface area contributed by atoms with E-state index in [1.165, 1.54) is 6.33 Å². The highest BCUT2D eigenvalue weighted by Crippen LogP contribution is 2.26. The van der Waals surface area contributed by atoms with Crippen LogP contribution in [0, 0.1) is 0 Å². The summed E-state index contributed by atoms with van der Waals surface area (Å²) in [6.07, 6.45) is 2.52. The van der Waals surface area contributed by atoms with Crippen LogP contribution >= 0.6 is 0 Å². The van der Waals surface area contributed by atoms with Crippen LogP contribution in [-0.2, 0) is 27.3 Å². The topological polar surface area (TPSA) is 111 Å². The van der Waals surface area contributed by atoms with Crippen molar-refractivity contribution in [3.05, 3.63) is 71.0 Å². The monoisotopic (exact) mass is 462 g/mol. The number of hydrogen-bond donors (Lipinski definition) is 1. The van der Waals surface area contributed by atoms with Gasteiger partial charge in [-0.1, -0.05) is 18.2 Å². The number of amides is 1. The zero-order chi connectivity index (χ0) is 23.3. The second-order valence-corrected chi connectivity index (χ2v) is 8.39. The molecule has 10 nitrogen and oxygen atoms in total. The van der Waals surface area contributed by atoms with Crippen molar-refractivity contribution < 1.29 is 19.1 Å². The van der Waals surface area contributed by atoms with Crippen molar-refractivity contribution in [1.82, 2.24) is 30.4 Å². The fraction of sp³-hybridized carbons (Fsp3) is 0.375. The molecule has 1 saturated heterocycles. The van der Waals surface area contributed by atoms with Crippen LogP contribution in [0.2, 0.25) is 0 Å². The molecule has 0 radical (unpaired) electrons. The maximum Gasteiger partial charge on any atom is 0.338 e. The number of esters is 1. The summed E-state index contributed by atoms with van der Waals surface area (Å²) in [5, 5.41) is 14.6. The number of benzene rings is 2. The average Bonchev–Trinajstić information content (AvgIpc) is 3.53. The first-order chi connectivity index (χ1) is 16.7. The molecule has 1 N–H and O–H groups in total. The Labute approximate surface area is 196 Å². The normalized spacial score (nSPS) is 18.9. The second-order valence-electron chi connectivity index (χ2n) is 8.39. The van der Waals surface area contributed by atoms with Gasteiger partial charge in [0, 0.05) is 38.3 Å². The Morgan fingerprint density at radius 2 is 2.03 bits per heavy atom. The molecule has 1 aromatic heterocycles. The Morgan fingerprint density at radius 1 is 1.15 bits per heavy atom. The summed E-state index contributed by atoms with van der Waals surface area (Å²) in [5.41, 5.74) is 4.37. The van der Waals surface area contributed by atoms with E-state index in [2.05, 4.69) is 20.8 Å². The molecule has 0 bridgehead atoms. The van der Waals surface area contributed by atoms with Crippen LogP contribution in [0.5, 0.6) is 0 Å². The van der Waals surface area contributed by atoms with Gasteiger partial charge in [-0.15, -0.1) is 5.10 Å². The number of fused-ring (bicyclic) bond motifs is 1. The first-order valence-corrected chi connectivity index (χ1v) is 11.4. The third-order valence-electron chi connectivity index (χ3n) is 6.12. The largest absolute Gasteiger partial charge is 0.457 e. The molecule has 3 aromatic rings. The highest BCUT2D eigenvalue weighted by Gasteiger charge is 2.24. The molecular formula is C24H26N6O4. The summed E-state index contributed by atoms with van der Waals surface area (Å²) in [5.74, 6) is -0.169. The molecule has 1 amide bonds. The molecule has 3 heterocycles. The number of nitrogens with zero attached hydrogens (tertiary/aromatic N) is 5. The lowest BCUT2D eigenvalue weighted by molar-refractivity contribution is -0.130. The number of carbonyl (C=O) groups excluding carboxylic acids is 2. The van der Waals surface area contributed by atoms with Crippen LogP contribution in [0.15, 0.2) is 48.8 Å². The van der Waals surface area contributed by atoms with Crippen LogP contribution in [0.1, 0.15) is 39.6 Å². The molecule has 0 aliphatic carbocycles. The maximum atomic E-state index is 12.9. The number of cyclic esters (lactones) is 1. The molecule has 1 atom stereocenters. The van der Waals surface area contributed by atoms with E-state index < -0.39 is 0 Å². The van der Waals surface area contributed by atoms with Crippen molar-refractivity contribution >= 4 is 11.9 Å². The van der Waals surface area contributed by atoms with Gasteiger partial charge >= 0.3 is 5.97 Å². The fourth-order valence-corrected chi connectivity index (χ4v) is 4.25. The van der Waals surface area contributed by atoms with Crippen molar-refractivity contribution in [3.63, 3.8) is 0 Å². The predicted molar refractivity (Wildman–Crippen MR) is 121 cm³/mol. The molecular weight excluding hydrogens is 436 g/mol. The Hall–Kier alpha value is -3.63. The number of tetrazole rings is 1. The smallest absolute Gasteiger partial charge is 0.338 e. The molecule has 0 saturated carbocycles. The lowest BCUT2D eigenvalue weighted by atomic mass is 10.0. The number of rotatable bonds is 4. The van der Waals surface area contributed by atoms with Crippen LogP contribution in [-0.4, -0.2) is 69.8 Å². The van der Waals surface area contributed by atoms with Crippen LogP contribution < -0.4 is 5.32 Å². The second kappa shape index (κ2) is 10.1. The van der Waals surface area contributed by atoms with Crippen LogP contribution in [0.3, 0.4) is 0 Å². The molecule has 2 aliphatic heterocycles. The lowest BCUT2D eigenvalue weighted by Crippen LogP contribution is -2.40. The van der Waals surface area contributed by atoms with Crippen LogP contribution in [0.4, 0.5) is 0 Å². The Bertz CT molecular complexity index is 1140. The third-order valence-corrected chi connectivity index (χ3v) is 6.12.